The Morgan fingerprint density at radius 2 is 1.77 bits per heavy atom. The Morgan fingerprint density at radius 3 is 2.43 bits per heavy atom. The standard InChI is InChI=1S/C22H26Cl2N4O2/c23-17-6-8-20(24)19(14-17)22(30)28-12-10-27(11-13-28)9-3-1-2-4-18-7-5-16(15-26-18)21(25)29/h5-8,14-15H,1-4,9-13H2,(H2,25,29). The summed E-state index contributed by atoms with van der Waals surface area (Å²) in [6.07, 6.45) is 5.69. The second-order valence-electron chi connectivity index (χ2n) is 7.47. The van der Waals surface area contributed by atoms with Gasteiger partial charge in [-0.3, -0.25) is 19.5 Å². The number of unbranched alkanes of at least 4 members (excludes halogenated alkanes) is 2. The van der Waals surface area contributed by atoms with E-state index >= 15 is 0 Å². The van der Waals surface area contributed by atoms with Crippen LogP contribution >= 0.6 is 23.2 Å². The van der Waals surface area contributed by atoms with Crippen LogP contribution in [0.5, 0.6) is 0 Å². The highest BCUT2D eigenvalue weighted by Crippen LogP contribution is 2.22. The number of hydrogen-bond donors (Lipinski definition) is 1. The quantitative estimate of drug-likeness (QED) is 0.624. The number of aromatic nitrogens is 1. The minimum Gasteiger partial charge on any atom is -0.366 e. The fraction of sp³-hybridized carbons (Fsp3) is 0.409. The van der Waals surface area contributed by atoms with Crippen LogP contribution in [0.4, 0.5) is 0 Å². The van der Waals surface area contributed by atoms with Crippen LogP contribution in [-0.2, 0) is 6.42 Å². The Bertz CT molecular complexity index is 881. The van der Waals surface area contributed by atoms with Gasteiger partial charge in [-0.15, -0.1) is 0 Å². The summed E-state index contributed by atoms with van der Waals surface area (Å²) in [5.74, 6) is -0.511. The molecular formula is C22H26Cl2N4O2. The number of amides is 2. The number of nitrogens with zero attached hydrogens (tertiary/aromatic N) is 3. The topological polar surface area (TPSA) is 79.5 Å². The van der Waals surface area contributed by atoms with Crippen molar-refractivity contribution >= 4 is 35.0 Å². The van der Waals surface area contributed by atoms with E-state index in [1.54, 1.807) is 24.3 Å². The summed E-state index contributed by atoms with van der Waals surface area (Å²) in [6.45, 7) is 4.13. The van der Waals surface area contributed by atoms with Crippen LogP contribution in [0.2, 0.25) is 10.0 Å². The molecule has 1 aliphatic rings. The van der Waals surface area contributed by atoms with Crippen molar-refractivity contribution in [1.29, 1.82) is 0 Å². The zero-order valence-electron chi connectivity index (χ0n) is 16.8. The van der Waals surface area contributed by atoms with Crippen LogP contribution < -0.4 is 5.73 Å². The van der Waals surface area contributed by atoms with Gasteiger partial charge in [-0.2, -0.15) is 0 Å². The van der Waals surface area contributed by atoms with Gasteiger partial charge in [0, 0.05) is 43.1 Å². The number of aryl methyl sites for hydroxylation is 1. The van der Waals surface area contributed by atoms with Crippen molar-refractivity contribution in [2.45, 2.75) is 25.7 Å². The Kier molecular flexibility index (Phi) is 8.08. The van der Waals surface area contributed by atoms with Gasteiger partial charge in [0.1, 0.15) is 0 Å². The lowest BCUT2D eigenvalue weighted by molar-refractivity contribution is 0.0635. The van der Waals surface area contributed by atoms with Crippen molar-refractivity contribution in [3.63, 3.8) is 0 Å². The minimum atomic E-state index is -0.452. The molecule has 0 saturated carbocycles. The molecule has 30 heavy (non-hydrogen) atoms. The summed E-state index contributed by atoms with van der Waals surface area (Å²) in [4.78, 5) is 32.3. The predicted octanol–water partition coefficient (Wildman–Crippen LogP) is 3.66. The molecule has 2 heterocycles. The molecule has 0 atom stereocenters. The van der Waals surface area contributed by atoms with E-state index in [0.717, 1.165) is 51.0 Å². The van der Waals surface area contributed by atoms with Gasteiger partial charge in [0.05, 0.1) is 16.1 Å². The first-order valence-electron chi connectivity index (χ1n) is 10.2. The van der Waals surface area contributed by atoms with Gasteiger partial charge >= 0.3 is 0 Å². The van der Waals surface area contributed by atoms with E-state index in [2.05, 4.69) is 9.88 Å². The van der Waals surface area contributed by atoms with Gasteiger partial charge in [0.15, 0.2) is 0 Å². The van der Waals surface area contributed by atoms with Crippen LogP contribution in [0.15, 0.2) is 36.5 Å². The van der Waals surface area contributed by atoms with Crippen molar-refractivity contribution in [3.8, 4) is 0 Å². The average Bonchev–Trinajstić information content (AvgIpc) is 2.75. The number of nitrogens with two attached hydrogens (primary N) is 1. The second-order valence-corrected chi connectivity index (χ2v) is 8.31. The zero-order chi connectivity index (χ0) is 21.5. The number of primary amides is 1. The molecule has 8 heteroatoms. The van der Waals surface area contributed by atoms with Gasteiger partial charge in [-0.1, -0.05) is 29.6 Å². The molecule has 0 unspecified atom stereocenters. The SMILES string of the molecule is NC(=O)c1ccc(CCCCCN2CCN(C(=O)c3cc(Cl)ccc3Cl)CC2)nc1. The van der Waals surface area contributed by atoms with Crippen molar-refractivity contribution in [1.82, 2.24) is 14.8 Å². The van der Waals surface area contributed by atoms with E-state index in [0.29, 0.717) is 34.3 Å². The summed E-state index contributed by atoms with van der Waals surface area (Å²) in [6, 6.07) is 8.57. The fourth-order valence-corrected chi connectivity index (χ4v) is 3.91. The molecular weight excluding hydrogens is 423 g/mol. The molecule has 1 aliphatic heterocycles. The normalized spacial score (nSPS) is 14.7. The molecule has 1 aromatic heterocycles. The summed E-state index contributed by atoms with van der Waals surface area (Å²) < 4.78 is 0. The first-order chi connectivity index (χ1) is 14.4. The lowest BCUT2D eigenvalue weighted by Crippen LogP contribution is -2.48. The number of carbonyl (C=O) groups excluding carboxylic acids is 2. The second kappa shape index (κ2) is 10.8. The van der Waals surface area contributed by atoms with E-state index < -0.39 is 5.91 Å². The molecule has 3 rings (SSSR count). The van der Waals surface area contributed by atoms with Gasteiger partial charge in [-0.05, 0) is 56.1 Å². The molecule has 2 N–H and O–H groups in total. The van der Waals surface area contributed by atoms with E-state index in [1.807, 2.05) is 11.0 Å². The summed E-state index contributed by atoms with van der Waals surface area (Å²) in [5, 5.41) is 0.950. The van der Waals surface area contributed by atoms with Crippen molar-refractivity contribution < 1.29 is 9.59 Å². The Morgan fingerprint density at radius 1 is 1.00 bits per heavy atom. The van der Waals surface area contributed by atoms with Crippen LogP contribution in [-0.4, -0.2) is 59.3 Å². The molecule has 0 aliphatic carbocycles. The minimum absolute atomic E-state index is 0.0583. The number of piperazine rings is 1. The molecule has 0 spiro atoms. The Hall–Kier alpha value is -2.15. The predicted molar refractivity (Wildman–Crippen MR) is 119 cm³/mol. The molecule has 1 saturated heterocycles. The van der Waals surface area contributed by atoms with Crippen molar-refractivity contribution in [2.24, 2.45) is 5.73 Å². The number of benzene rings is 1. The number of halogens is 2. The smallest absolute Gasteiger partial charge is 0.255 e. The number of carbonyl (C=O) groups is 2. The third-order valence-corrected chi connectivity index (χ3v) is 5.90. The third kappa shape index (κ3) is 6.17. The first kappa shape index (κ1) is 22.5. The first-order valence-corrected chi connectivity index (χ1v) is 10.9. The van der Waals surface area contributed by atoms with Crippen LogP contribution in [0.25, 0.3) is 0 Å². The summed E-state index contributed by atoms with van der Waals surface area (Å²) >= 11 is 12.2. The molecule has 1 fully saturated rings. The summed E-state index contributed by atoms with van der Waals surface area (Å²) in [7, 11) is 0. The monoisotopic (exact) mass is 448 g/mol. The van der Waals surface area contributed by atoms with Gasteiger partial charge in [0.2, 0.25) is 5.91 Å². The summed E-state index contributed by atoms with van der Waals surface area (Å²) in [5.41, 5.74) is 7.11. The Labute approximate surface area is 187 Å². The maximum Gasteiger partial charge on any atom is 0.255 e. The maximum absolute atomic E-state index is 12.7. The molecule has 1 aromatic carbocycles. The lowest BCUT2D eigenvalue weighted by Gasteiger charge is -2.35. The van der Waals surface area contributed by atoms with Crippen molar-refractivity contribution in [3.05, 3.63) is 63.4 Å². The molecule has 2 amide bonds. The van der Waals surface area contributed by atoms with Crippen LogP contribution in [0.3, 0.4) is 0 Å². The average molecular weight is 449 g/mol. The third-order valence-electron chi connectivity index (χ3n) is 5.33. The molecule has 0 radical (unpaired) electrons. The number of rotatable bonds is 8. The van der Waals surface area contributed by atoms with E-state index in [4.69, 9.17) is 28.9 Å². The fourth-order valence-electron chi connectivity index (χ4n) is 3.54. The van der Waals surface area contributed by atoms with Crippen molar-refractivity contribution in [2.75, 3.05) is 32.7 Å². The molecule has 0 bridgehead atoms. The van der Waals surface area contributed by atoms with E-state index in [-0.39, 0.29) is 5.91 Å². The maximum atomic E-state index is 12.7. The van der Waals surface area contributed by atoms with Gasteiger partial charge < -0.3 is 10.6 Å². The largest absolute Gasteiger partial charge is 0.366 e. The van der Waals surface area contributed by atoms with Crippen LogP contribution in [0, 0.1) is 0 Å². The van der Waals surface area contributed by atoms with Gasteiger partial charge in [-0.25, -0.2) is 0 Å². The van der Waals surface area contributed by atoms with E-state index in [9.17, 15) is 9.59 Å². The number of pyridine rings is 1. The zero-order valence-corrected chi connectivity index (χ0v) is 18.3. The molecule has 6 nitrogen and oxygen atoms in total. The highest BCUT2D eigenvalue weighted by Gasteiger charge is 2.23. The highest BCUT2D eigenvalue weighted by molar-refractivity contribution is 6.35. The highest BCUT2D eigenvalue weighted by atomic mass is 35.5. The van der Waals surface area contributed by atoms with Crippen LogP contribution in [0.1, 0.15) is 45.7 Å². The lowest BCUT2D eigenvalue weighted by atomic mass is 10.1. The number of hydrogen-bond acceptors (Lipinski definition) is 4. The van der Waals surface area contributed by atoms with Gasteiger partial charge in [0.25, 0.3) is 5.91 Å². The van der Waals surface area contributed by atoms with E-state index in [1.165, 1.54) is 6.20 Å². The molecule has 2 aromatic rings. The Balaban J connectivity index is 1.34. The molecule has 160 valence electrons.